The van der Waals surface area contributed by atoms with E-state index in [-0.39, 0.29) is 5.54 Å². The lowest BCUT2D eigenvalue weighted by Gasteiger charge is -2.37. The van der Waals surface area contributed by atoms with Gasteiger partial charge in [-0.3, -0.25) is 4.21 Å². The van der Waals surface area contributed by atoms with E-state index in [9.17, 15) is 4.21 Å². The van der Waals surface area contributed by atoms with Gasteiger partial charge in [0.1, 0.15) is 0 Å². The predicted octanol–water partition coefficient (Wildman–Crippen LogP) is 1.94. The molecule has 0 spiro atoms. The smallest absolute Gasteiger partial charge is 0.0642 e. The quantitative estimate of drug-likeness (QED) is 0.793. The third-order valence-electron chi connectivity index (χ3n) is 2.46. The van der Waals surface area contributed by atoms with Gasteiger partial charge in [0.2, 0.25) is 0 Å². The van der Waals surface area contributed by atoms with Gasteiger partial charge in [0.25, 0.3) is 0 Å². The van der Waals surface area contributed by atoms with Crippen molar-refractivity contribution in [3.05, 3.63) is 35.4 Å². The van der Waals surface area contributed by atoms with Gasteiger partial charge in [0, 0.05) is 22.3 Å². The topological polar surface area (TPSA) is 43.1 Å². The molecule has 0 atom stereocenters. The standard InChI is InChI=1S/C10H13NOS.C2H6/c1-8-2-4-9(5-3-8)10(11)6-13(12)7-10;1-2/h2-5H,6-7,11H2,1H3;1-2H3. The SMILES string of the molecule is CC.Cc1ccc(C2(N)CS(=O)C2)cc1. The number of rotatable bonds is 1. The van der Waals surface area contributed by atoms with Crippen molar-refractivity contribution in [3.8, 4) is 0 Å². The van der Waals surface area contributed by atoms with E-state index in [0.717, 1.165) is 5.56 Å². The van der Waals surface area contributed by atoms with Crippen molar-refractivity contribution in [1.29, 1.82) is 0 Å². The molecule has 84 valence electrons. The minimum Gasteiger partial charge on any atom is -0.320 e. The number of nitrogens with two attached hydrogens (primary N) is 1. The normalized spacial score (nSPS) is 28.7. The first-order valence-electron chi connectivity index (χ1n) is 5.31. The second-order valence-electron chi connectivity index (χ2n) is 3.75. The largest absolute Gasteiger partial charge is 0.320 e. The van der Waals surface area contributed by atoms with Gasteiger partial charge in [-0.2, -0.15) is 0 Å². The third-order valence-corrected chi connectivity index (χ3v) is 4.14. The molecule has 2 nitrogen and oxygen atoms in total. The Kier molecular flexibility index (Phi) is 4.05. The maximum Gasteiger partial charge on any atom is 0.0642 e. The zero-order chi connectivity index (χ0) is 11.5. The molecule has 1 aliphatic heterocycles. The fraction of sp³-hybridized carbons (Fsp3) is 0.500. The molecule has 1 aromatic carbocycles. The van der Waals surface area contributed by atoms with Crippen LogP contribution >= 0.6 is 0 Å². The maximum absolute atomic E-state index is 11.0. The summed E-state index contributed by atoms with van der Waals surface area (Å²) in [5.41, 5.74) is 8.09. The van der Waals surface area contributed by atoms with E-state index >= 15 is 0 Å². The van der Waals surface area contributed by atoms with Crippen LogP contribution in [-0.2, 0) is 16.3 Å². The highest BCUT2D eigenvalue weighted by Crippen LogP contribution is 2.28. The summed E-state index contributed by atoms with van der Waals surface area (Å²) < 4.78 is 11.0. The summed E-state index contributed by atoms with van der Waals surface area (Å²) >= 11 is 0. The van der Waals surface area contributed by atoms with E-state index in [1.165, 1.54) is 5.56 Å². The molecule has 0 unspecified atom stereocenters. The minimum absolute atomic E-state index is 0.321. The molecule has 3 heteroatoms. The van der Waals surface area contributed by atoms with Gasteiger partial charge in [0.15, 0.2) is 0 Å². The molecule has 0 aliphatic carbocycles. The Bertz CT molecular complexity index is 337. The van der Waals surface area contributed by atoms with Crippen LogP contribution in [0.5, 0.6) is 0 Å². The lowest BCUT2D eigenvalue weighted by molar-refractivity contribution is 0.514. The molecule has 1 aliphatic rings. The van der Waals surface area contributed by atoms with Crippen molar-refractivity contribution < 1.29 is 4.21 Å². The van der Waals surface area contributed by atoms with Gasteiger partial charge in [-0.1, -0.05) is 43.7 Å². The van der Waals surface area contributed by atoms with Crippen molar-refractivity contribution in [2.75, 3.05) is 11.5 Å². The van der Waals surface area contributed by atoms with Crippen LogP contribution < -0.4 is 5.73 Å². The van der Waals surface area contributed by atoms with Crippen LogP contribution in [0.1, 0.15) is 25.0 Å². The predicted molar refractivity (Wildman–Crippen MR) is 66.3 cm³/mol. The first kappa shape index (κ1) is 12.4. The fourth-order valence-electron chi connectivity index (χ4n) is 1.58. The Morgan fingerprint density at radius 3 is 2.07 bits per heavy atom. The van der Waals surface area contributed by atoms with Crippen molar-refractivity contribution in [2.45, 2.75) is 26.3 Å². The van der Waals surface area contributed by atoms with Crippen LogP contribution in [-0.4, -0.2) is 15.7 Å². The van der Waals surface area contributed by atoms with Crippen LogP contribution in [0.15, 0.2) is 24.3 Å². The molecule has 1 aromatic rings. The molecule has 1 fully saturated rings. The fourth-order valence-corrected chi connectivity index (χ4v) is 2.98. The van der Waals surface area contributed by atoms with E-state index < -0.39 is 10.8 Å². The number of benzene rings is 1. The van der Waals surface area contributed by atoms with Gasteiger partial charge in [-0.05, 0) is 12.5 Å². The average Bonchev–Trinajstić information content (AvgIpc) is 2.19. The lowest BCUT2D eigenvalue weighted by atomic mass is 9.94. The van der Waals surface area contributed by atoms with Crippen LogP contribution in [0.25, 0.3) is 0 Å². The Morgan fingerprint density at radius 2 is 1.67 bits per heavy atom. The van der Waals surface area contributed by atoms with Crippen molar-refractivity contribution in [1.82, 2.24) is 0 Å². The molecule has 0 amide bonds. The van der Waals surface area contributed by atoms with E-state index in [1.807, 2.05) is 45.0 Å². The van der Waals surface area contributed by atoms with Crippen molar-refractivity contribution in [2.24, 2.45) is 5.73 Å². The first-order valence-corrected chi connectivity index (χ1v) is 6.80. The molecular formula is C12H19NOS. The van der Waals surface area contributed by atoms with E-state index in [2.05, 4.69) is 0 Å². The zero-order valence-corrected chi connectivity index (χ0v) is 10.4. The van der Waals surface area contributed by atoms with Crippen molar-refractivity contribution in [3.63, 3.8) is 0 Å². The number of aryl methyl sites for hydroxylation is 1. The summed E-state index contributed by atoms with van der Waals surface area (Å²) in [6.45, 7) is 6.05. The molecule has 2 rings (SSSR count). The first-order chi connectivity index (χ1) is 7.10. The van der Waals surface area contributed by atoms with Crippen LogP contribution in [0.4, 0.5) is 0 Å². The lowest BCUT2D eigenvalue weighted by Crippen LogP contribution is -2.55. The summed E-state index contributed by atoms with van der Waals surface area (Å²) in [5.74, 6) is 1.21. The number of hydrogen-bond acceptors (Lipinski definition) is 2. The molecule has 0 aromatic heterocycles. The van der Waals surface area contributed by atoms with Gasteiger partial charge in [-0.25, -0.2) is 0 Å². The van der Waals surface area contributed by atoms with Gasteiger partial charge in [-0.15, -0.1) is 0 Å². The van der Waals surface area contributed by atoms with Gasteiger partial charge >= 0.3 is 0 Å². The molecule has 0 radical (unpaired) electrons. The third kappa shape index (κ3) is 2.67. The van der Waals surface area contributed by atoms with Gasteiger partial charge < -0.3 is 5.73 Å². The second kappa shape index (κ2) is 4.90. The summed E-state index contributed by atoms with van der Waals surface area (Å²) in [6.07, 6.45) is 0. The molecule has 0 bridgehead atoms. The molecular weight excluding hydrogens is 206 g/mol. The highest BCUT2D eigenvalue weighted by atomic mass is 32.2. The van der Waals surface area contributed by atoms with Crippen LogP contribution in [0.3, 0.4) is 0 Å². The summed E-state index contributed by atoms with van der Waals surface area (Å²) in [5, 5.41) is 0. The Labute approximate surface area is 94.3 Å². The van der Waals surface area contributed by atoms with Crippen LogP contribution in [0, 0.1) is 6.92 Å². The summed E-state index contributed by atoms with van der Waals surface area (Å²) in [7, 11) is -0.692. The molecule has 0 saturated carbocycles. The summed E-state index contributed by atoms with van der Waals surface area (Å²) in [4.78, 5) is 0. The Balaban J connectivity index is 0.000000531. The van der Waals surface area contributed by atoms with E-state index in [0.29, 0.717) is 11.5 Å². The monoisotopic (exact) mass is 225 g/mol. The molecule has 1 heterocycles. The molecule has 15 heavy (non-hydrogen) atoms. The Hall–Kier alpha value is -0.670. The Morgan fingerprint density at radius 1 is 1.20 bits per heavy atom. The minimum atomic E-state index is -0.692. The average molecular weight is 225 g/mol. The number of hydrogen-bond donors (Lipinski definition) is 1. The van der Waals surface area contributed by atoms with Crippen molar-refractivity contribution >= 4 is 10.8 Å². The second-order valence-corrected chi connectivity index (χ2v) is 5.21. The highest BCUT2D eigenvalue weighted by molar-refractivity contribution is 7.86. The van der Waals surface area contributed by atoms with E-state index in [4.69, 9.17) is 5.73 Å². The molecule has 1 saturated heterocycles. The van der Waals surface area contributed by atoms with E-state index in [1.54, 1.807) is 0 Å². The maximum atomic E-state index is 11.0. The zero-order valence-electron chi connectivity index (χ0n) is 9.62. The highest BCUT2D eigenvalue weighted by Gasteiger charge is 2.40. The van der Waals surface area contributed by atoms with Gasteiger partial charge in [0.05, 0.1) is 5.54 Å². The summed E-state index contributed by atoms with van der Waals surface area (Å²) in [6, 6.07) is 8.16. The molecule has 2 N–H and O–H groups in total. The van der Waals surface area contributed by atoms with Crippen LogP contribution in [0.2, 0.25) is 0 Å².